The maximum Gasteiger partial charge on any atom is 0.101 e. The first-order valence-corrected chi connectivity index (χ1v) is 6.62. The molecule has 4 heteroatoms. The fourth-order valence-corrected chi connectivity index (χ4v) is 2.54. The van der Waals surface area contributed by atoms with E-state index >= 15 is 0 Å². The van der Waals surface area contributed by atoms with Gasteiger partial charge in [0, 0.05) is 10.5 Å². The van der Waals surface area contributed by atoms with Gasteiger partial charge in [0.25, 0.3) is 0 Å². The number of hydrogen-bond donors (Lipinski definition) is 2. The third-order valence-corrected chi connectivity index (χ3v) is 3.65. The van der Waals surface area contributed by atoms with Gasteiger partial charge in [0.15, 0.2) is 0 Å². The third kappa shape index (κ3) is 3.21. The van der Waals surface area contributed by atoms with E-state index in [9.17, 15) is 5.11 Å². The van der Waals surface area contributed by atoms with Gasteiger partial charge in [0.2, 0.25) is 0 Å². The fraction of sp³-hybridized carbons (Fsp3) is 0.462. The van der Waals surface area contributed by atoms with Gasteiger partial charge in [0.1, 0.15) is 6.07 Å². The first kappa shape index (κ1) is 12.4. The van der Waals surface area contributed by atoms with Crippen molar-refractivity contribution in [1.29, 1.82) is 5.26 Å². The molecule has 1 aromatic rings. The van der Waals surface area contributed by atoms with Gasteiger partial charge in [-0.05, 0) is 43.9 Å². The Balaban J connectivity index is 2.06. The largest absolute Gasteiger partial charge is 0.393 e. The van der Waals surface area contributed by atoms with Crippen molar-refractivity contribution in [3.8, 4) is 6.07 Å². The highest BCUT2D eigenvalue weighted by Crippen LogP contribution is 2.25. The predicted octanol–water partition coefficient (Wildman–Crippen LogP) is 3.04. The monoisotopic (exact) mass is 294 g/mol. The lowest BCUT2D eigenvalue weighted by atomic mass is 9.93. The van der Waals surface area contributed by atoms with Crippen LogP contribution >= 0.6 is 15.9 Å². The zero-order valence-electron chi connectivity index (χ0n) is 9.49. The van der Waals surface area contributed by atoms with Crippen LogP contribution in [-0.4, -0.2) is 17.3 Å². The van der Waals surface area contributed by atoms with Crippen LogP contribution in [0.3, 0.4) is 0 Å². The molecule has 1 aliphatic carbocycles. The summed E-state index contributed by atoms with van der Waals surface area (Å²) in [5, 5.41) is 21.9. The van der Waals surface area contributed by atoms with Crippen LogP contribution in [0.2, 0.25) is 0 Å². The zero-order valence-corrected chi connectivity index (χ0v) is 11.1. The van der Waals surface area contributed by atoms with Crippen LogP contribution in [0.5, 0.6) is 0 Å². The molecule has 1 fully saturated rings. The second-order valence-electron chi connectivity index (χ2n) is 4.45. The van der Waals surface area contributed by atoms with E-state index in [0.29, 0.717) is 11.6 Å². The molecular formula is C13H15BrN2O. The van der Waals surface area contributed by atoms with Gasteiger partial charge >= 0.3 is 0 Å². The topological polar surface area (TPSA) is 56.0 Å². The molecule has 3 nitrogen and oxygen atoms in total. The number of hydrogen-bond acceptors (Lipinski definition) is 3. The molecule has 17 heavy (non-hydrogen) atoms. The van der Waals surface area contributed by atoms with Crippen molar-refractivity contribution in [2.45, 2.75) is 37.8 Å². The van der Waals surface area contributed by atoms with Crippen LogP contribution in [0.4, 0.5) is 5.69 Å². The van der Waals surface area contributed by atoms with Crippen molar-refractivity contribution in [1.82, 2.24) is 0 Å². The van der Waals surface area contributed by atoms with Crippen LogP contribution in [0.1, 0.15) is 31.2 Å². The van der Waals surface area contributed by atoms with Crippen molar-refractivity contribution in [3.05, 3.63) is 28.2 Å². The second kappa shape index (κ2) is 5.52. The number of aliphatic hydroxyl groups is 1. The van der Waals surface area contributed by atoms with Crippen LogP contribution in [0.25, 0.3) is 0 Å². The van der Waals surface area contributed by atoms with E-state index in [0.717, 1.165) is 35.8 Å². The summed E-state index contributed by atoms with van der Waals surface area (Å²) < 4.78 is 0.915. The molecule has 0 aromatic heterocycles. The maximum absolute atomic E-state index is 9.44. The smallest absolute Gasteiger partial charge is 0.101 e. The number of nitriles is 1. The molecule has 0 heterocycles. The first-order valence-electron chi connectivity index (χ1n) is 5.83. The highest BCUT2D eigenvalue weighted by molar-refractivity contribution is 9.10. The molecule has 1 saturated carbocycles. The quantitative estimate of drug-likeness (QED) is 0.881. The summed E-state index contributed by atoms with van der Waals surface area (Å²) in [6.07, 6.45) is 3.46. The molecular weight excluding hydrogens is 280 g/mol. The molecule has 1 aliphatic rings. The molecule has 0 saturated heterocycles. The first-order chi connectivity index (χ1) is 8.19. The molecule has 1 aromatic carbocycles. The fourth-order valence-electron chi connectivity index (χ4n) is 2.17. The Bertz CT molecular complexity index is 434. The number of nitrogens with zero attached hydrogens (tertiary/aromatic N) is 1. The Kier molecular flexibility index (Phi) is 4.03. The van der Waals surface area contributed by atoms with Crippen LogP contribution in [-0.2, 0) is 0 Å². The second-order valence-corrected chi connectivity index (χ2v) is 5.37. The summed E-state index contributed by atoms with van der Waals surface area (Å²) in [4.78, 5) is 0. The molecule has 90 valence electrons. The normalized spacial score (nSPS) is 24.1. The average molecular weight is 295 g/mol. The van der Waals surface area contributed by atoms with Gasteiger partial charge in [-0.2, -0.15) is 5.26 Å². The molecule has 2 rings (SSSR count). The van der Waals surface area contributed by atoms with E-state index in [1.807, 2.05) is 18.2 Å². The van der Waals surface area contributed by atoms with Crippen molar-refractivity contribution in [2.75, 3.05) is 5.32 Å². The lowest BCUT2D eigenvalue weighted by Gasteiger charge is -2.27. The average Bonchev–Trinajstić information content (AvgIpc) is 2.34. The summed E-state index contributed by atoms with van der Waals surface area (Å²) in [6, 6.07) is 8.24. The van der Waals surface area contributed by atoms with E-state index in [2.05, 4.69) is 27.3 Å². The SMILES string of the molecule is N#Cc1cc(Br)ccc1NC1CCC(O)CC1. The minimum Gasteiger partial charge on any atom is -0.393 e. The Morgan fingerprint density at radius 3 is 2.65 bits per heavy atom. The number of anilines is 1. The summed E-state index contributed by atoms with van der Waals surface area (Å²) in [6.45, 7) is 0. The minimum atomic E-state index is -0.145. The lowest BCUT2D eigenvalue weighted by molar-refractivity contribution is 0.126. The summed E-state index contributed by atoms with van der Waals surface area (Å²) >= 11 is 3.36. The van der Waals surface area contributed by atoms with E-state index in [1.165, 1.54) is 0 Å². The number of aliphatic hydroxyl groups excluding tert-OH is 1. The Labute approximate surface area is 110 Å². The maximum atomic E-state index is 9.44. The van der Waals surface area contributed by atoms with Crippen LogP contribution < -0.4 is 5.32 Å². The minimum absolute atomic E-state index is 0.145. The van der Waals surface area contributed by atoms with Crippen molar-refractivity contribution in [3.63, 3.8) is 0 Å². The molecule has 2 N–H and O–H groups in total. The van der Waals surface area contributed by atoms with E-state index < -0.39 is 0 Å². The molecule has 0 bridgehead atoms. The van der Waals surface area contributed by atoms with E-state index in [-0.39, 0.29) is 6.10 Å². The number of nitrogens with one attached hydrogen (secondary N) is 1. The van der Waals surface area contributed by atoms with E-state index in [1.54, 1.807) is 0 Å². The van der Waals surface area contributed by atoms with Crippen molar-refractivity contribution < 1.29 is 5.11 Å². The van der Waals surface area contributed by atoms with Crippen LogP contribution in [0, 0.1) is 11.3 Å². The molecule has 0 unspecified atom stereocenters. The van der Waals surface area contributed by atoms with Gasteiger partial charge < -0.3 is 10.4 Å². The number of rotatable bonds is 2. The Morgan fingerprint density at radius 1 is 1.29 bits per heavy atom. The standard InChI is InChI=1S/C13H15BrN2O/c14-10-1-6-13(9(7-10)8-15)16-11-2-4-12(17)5-3-11/h1,6-7,11-12,16-17H,2-5H2. The summed E-state index contributed by atoms with van der Waals surface area (Å²) in [5.74, 6) is 0. The number of benzene rings is 1. The van der Waals surface area contributed by atoms with Gasteiger partial charge in [-0.3, -0.25) is 0 Å². The molecule has 0 radical (unpaired) electrons. The highest BCUT2D eigenvalue weighted by Gasteiger charge is 2.19. The summed E-state index contributed by atoms with van der Waals surface area (Å²) in [7, 11) is 0. The molecule has 0 spiro atoms. The van der Waals surface area contributed by atoms with Crippen molar-refractivity contribution >= 4 is 21.6 Å². The zero-order chi connectivity index (χ0) is 12.3. The van der Waals surface area contributed by atoms with Gasteiger partial charge in [0.05, 0.1) is 17.4 Å². The number of halogens is 1. The van der Waals surface area contributed by atoms with Gasteiger partial charge in [-0.1, -0.05) is 15.9 Å². The van der Waals surface area contributed by atoms with E-state index in [4.69, 9.17) is 5.26 Å². The predicted molar refractivity (Wildman–Crippen MR) is 70.7 cm³/mol. The molecule has 0 atom stereocenters. The molecule has 0 amide bonds. The van der Waals surface area contributed by atoms with Gasteiger partial charge in [-0.15, -0.1) is 0 Å². The van der Waals surface area contributed by atoms with Gasteiger partial charge in [-0.25, -0.2) is 0 Å². The molecule has 0 aliphatic heterocycles. The Morgan fingerprint density at radius 2 is 2.00 bits per heavy atom. The summed E-state index contributed by atoms with van der Waals surface area (Å²) in [5.41, 5.74) is 1.54. The van der Waals surface area contributed by atoms with Crippen molar-refractivity contribution in [2.24, 2.45) is 0 Å². The Hall–Kier alpha value is -1.05. The lowest BCUT2D eigenvalue weighted by Crippen LogP contribution is -2.28. The highest BCUT2D eigenvalue weighted by atomic mass is 79.9. The third-order valence-electron chi connectivity index (χ3n) is 3.16. The van der Waals surface area contributed by atoms with Crippen LogP contribution in [0.15, 0.2) is 22.7 Å².